The highest BCUT2D eigenvalue weighted by Gasteiger charge is 2.29. The van der Waals surface area contributed by atoms with Gasteiger partial charge in [0.05, 0.1) is 36.6 Å². The molecule has 0 bridgehead atoms. The Labute approximate surface area is 137 Å². The molecule has 0 spiro atoms. The van der Waals surface area contributed by atoms with Crippen LogP contribution in [-0.4, -0.2) is 34.4 Å². The van der Waals surface area contributed by atoms with Gasteiger partial charge in [0.25, 0.3) is 0 Å². The smallest absolute Gasteiger partial charge is 0.0991 e. The molecule has 1 fully saturated rings. The van der Waals surface area contributed by atoms with E-state index in [9.17, 15) is 0 Å². The molecule has 0 saturated carbocycles. The van der Waals surface area contributed by atoms with Crippen molar-refractivity contribution >= 4 is 0 Å². The molecule has 0 aliphatic carbocycles. The first-order valence-electron chi connectivity index (χ1n) is 7.91. The summed E-state index contributed by atoms with van der Waals surface area (Å²) in [6, 6.07) is 10.2. The quantitative estimate of drug-likeness (QED) is 0.874. The van der Waals surface area contributed by atoms with Crippen LogP contribution in [0.3, 0.4) is 0 Å². The highest BCUT2D eigenvalue weighted by Crippen LogP contribution is 2.30. The molecule has 2 heterocycles. The largest absolute Gasteiger partial charge is 0.378 e. The van der Waals surface area contributed by atoms with E-state index in [0.717, 1.165) is 25.4 Å². The maximum absolute atomic E-state index is 8.92. The summed E-state index contributed by atoms with van der Waals surface area (Å²) in [5.74, 6) is 0. The van der Waals surface area contributed by atoms with Crippen LogP contribution in [0.2, 0.25) is 0 Å². The first-order valence-corrected chi connectivity index (χ1v) is 7.91. The van der Waals surface area contributed by atoms with Crippen molar-refractivity contribution < 1.29 is 4.74 Å². The number of nitriles is 1. The summed E-state index contributed by atoms with van der Waals surface area (Å²) in [7, 11) is 1.99. The van der Waals surface area contributed by atoms with Crippen LogP contribution in [0.1, 0.15) is 34.1 Å². The third-order valence-electron chi connectivity index (χ3n) is 4.61. The number of morpholine rings is 1. The molecule has 0 radical (unpaired) electrons. The molecule has 1 aromatic carbocycles. The zero-order valence-corrected chi connectivity index (χ0v) is 13.9. The van der Waals surface area contributed by atoms with Crippen LogP contribution in [0.5, 0.6) is 0 Å². The topological polar surface area (TPSA) is 54.1 Å². The van der Waals surface area contributed by atoms with Crippen LogP contribution in [0, 0.1) is 25.2 Å². The molecule has 120 valence electrons. The molecule has 5 heteroatoms. The van der Waals surface area contributed by atoms with Gasteiger partial charge in [-0.15, -0.1) is 0 Å². The second-order valence-corrected chi connectivity index (χ2v) is 6.08. The molecule has 1 saturated heterocycles. The average molecular weight is 310 g/mol. The van der Waals surface area contributed by atoms with Gasteiger partial charge in [-0.3, -0.25) is 9.58 Å². The van der Waals surface area contributed by atoms with Gasteiger partial charge in [-0.2, -0.15) is 10.4 Å². The summed E-state index contributed by atoms with van der Waals surface area (Å²) in [4.78, 5) is 2.45. The predicted octanol–water partition coefficient (Wildman–Crippen LogP) is 2.48. The number of aromatic nitrogens is 2. The average Bonchev–Trinajstić information content (AvgIpc) is 2.81. The Bertz CT molecular complexity index is 727. The normalized spacial score (nSPS) is 18.8. The lowest BCUT2D eigenvalue weighted by Crippen LogP contribution is -2.39. The lowest BCUT2D eigenvalue weighted by atomic mass is 10.0. The molecule has 1 aliphatic rings. The van der Waals surface area contributed by atoms with Gasteiger partial charge in [-0.05, 0) is 31.5 Å². The molecule has 3 rings (SSSR count). The van der Waals surface area contributed by atoms with E-state index in [2.05, 4.69) is 29.9 Å². The fourth-order valence-corrected chi connectivity index (χ4v) is 3.28. The van der Waals surface area contributed by atoms with Crippen molar-refractivity contribution in [3.05, 3.63) is 52.3 Å². The fourth-order valence-electron chi connectivity index (χ4n) is 3.28. The Morgan fingerprint density at radius 1 is 1.30 bits per heavy atom. The second kappa shape index (κ2) is 6.53. The van der Waals surface area contributed by atoms with E-state index < -0.39 is 0 Å². The predicted molar refractivity (Wildman–Crippen MR) is 87.8 cm³/mol. The van der Waals surface area contributed by atoms with Crippen LogP contribution < -0.4 is 0 Å². The van der Waals surface area contributed by atoms with Gasteiger partial charge < -0.3 is 4.74 Å². The number of hydrogen-bond donors (Lipinski definition) is 0. The van der Waals surface area contributed by atoms with E-state index in [1.54, 1.807) is 0 Å². The van der Waals surface area contributed by atoms with Gasteiger partial charge in [0.2, 0.25) is 0 Å². The van der Waals surface area contributed by atoms with Crippen molar-refractivity contribution in [2.75, 3.05) is 19.8 Å². The standard InChI is InChI=1S/C18H22N4O/c1-13-18(14(2)21(3)20-13)17-12-23-9-8-22(17)11-16-6-4-15(10-19)5-7-16/h4-7,17H,8-9,11-12H2,1-3H3. The summed E-state index contributed by atoms with van der Waals surface area (Å²) in [5.41, 5.74) is 5.47. The molecule has 1 unspecified atom stereocenters. The minimum atomic E-state index is 0.230. The zero-order chi connectivity index (χ0) is 16.4. The Hall–Kier alpha value is -2.16. The number of aryl methyl sites for hydroxylation is 2. The lowest BCUT2D eigenvalue weighted by molar-refractivity contribution is -0.0132. The number of ether oxygens (including phenoxy) is 1. The van der Waals surface area contributed by atoms with E-state index in [-0.39, 0.29) is 6.04 Å². The molecule has 23 heavy (non-hydrogen) atoms. The van der Waals surface area contributed by atoms with Crippen molar-refractivity contribution in [3.8, 4) is 6.07 Å². The second-order valence-electron chi connectivity index (χ2n) is 6.08. The number of benzene rings is 1. The van der Waals surface area contributed by atoms with Crippen LogP contribution in [0.15, 0.2) is 24.3 Å². The van der Waals surface area contributed by atoms with Gasteiger partial charge in [0, 0.05) is 31.4 Å². The first kappa shape index (κ1) is 15.7. The van der Waals surface area contributed by atoms with Gasteiger partial charge in [0.1, 0.15) is 0 Å². The summed E-state index contributed by atoms with van der Waals surface area (Å²) in [5, 5.41) is 13.5. The first-order chi connectivity index (χ1) is 11.1. The number of rotatable bonds is 3. The van der Waals surface area contributed by atoms with E-state index in [0.29, 0.717) is 12.2 Å². The molecule has 1 aromatic heterocycles. The SMILES string of the molecule is Cc1nn(C)c(C)c1C1COCCN1Cc1ccc(C#N)cc1. The van der Waals surface area contributed by atoms with Gasteiger partial charge >= 0.3 is 0 Å². The van der Waals surface area contributed by atoms with Crippen LogP contribution in [-0.2, 0) is 18.3 Å². The van der Waals surface area contributed by atoms with E-state index in [4.69, 9.17) is 10.00 Å². The highest BCUT2D eigenvalue weighted by molar-refractivity contribution is 5.32. The van der Waals surface area contributed by atoms with E-state index >= 15 is 0 Å². The summed E-state index contributed by atoms with van der Waals surface area (Å²) >= 11 is 0. The van der Waals surface area contributed by atoms with Crippen LogP contribution in [0.4, 0.5) is 0 Å². The fraction of sp³-hybridized carbons (Fsp3) is 0.444. The Morgan fingerprint density at radius 2 is 2.04 bits per heavy atom. The highest BCUT2D eigenvalue weighted by atomic mass is 16.5. The molecule has 1 atom stereocenters. The molecule has 0 N–H and O–H groups in total. The third kappa shape index (κ3) is 3.14. The zero-order valence-electron chi connectivity index (χ0n) is 13.9. The lowest BCUT2D eigenvalue weighted by Gasteiger charge is -2.36. The molecular weight excluding hydrogens is 288 g/mol. The van der Waals surface area contributed by atoms with Crippen LogP contribution in [0.25, 0.3) is 0 Å². The number of hydrogen-bond acceptors (Lipinski definition) is 4. The number of nitrogens with zero attached hydrogens (tertiary/aromatic N) is 4. The van der Waals surface area contributed by atoms with Crippen molar-refractivity contribution in [1.82, 2.24) is 14.7 Å². The third-order valence-corrected chi connectivity index (χ3v) is 4.61. The van der Waals surface area contributed by atoms with Crippen molar-refractivity contribution in [3.63, 3.8) is 0 Å². The Morgan fingerprint density at radius 3 is 2.65 bits per heavy atom. The van der Waals surface area contributed by atoms with Gasteiger partial charge in [-0.25, -0.2) is 0 Å². The molecule has 2 aromatic rings. The molecule has 5 nitrogen and oxygen atoms in total. The van der Waals surface area contributed by atoms with E-state index in [1.807, 2.05) is 36.0 Å². The van der Waals surface area contributed by atoms with Crippen LogP contribution >= 0.6 is 0 Å². The molecule has 0 amide bonds. The minimum Gasteiger partial charge on any atom is -0.378 e. The van der Waals surface area contributed by atoms with Crippen molar-refractivity contribution in [2.24, 2.45) is 7.05 Å². The molecule has 1 aliphatic heterocycles. The van der Waals surface area contributed by atoms with Gasteiger partial charge in [0.15, 0.2) is 0 Å². The summed E-state index contributed by atoms with van der Waals surface area (Å²) < 4.78 is 7.68. The van der Waals surface area contributed by atoms with Gasteiger partial charge in [-0.1, -0.05) is 12.1 Å². The maximum atomic E-state index is 8.92. The summed E-state index contributed by atoms with van der Waals surface area (Å²) in [6.07, 6.45) is 0. The minimum absolute atomic E-state index is 0.230. The van der Waals surface area contributed by atoms with E-state index in [1.165, 1.54) is 16.8 Å². The molecular formula is C18H22N4O. The Balaban J connectivity index is 1.85. The Kier molecular flexibility index (Phi) is 4.46. The maximum Gasteiger partial charge on any atom is 0.0991 e. The van der Waals surface area contributed by atoms with Crippen molar-refractivity contribution in [1.29, 1.82) is 5.26 Å². The summed E-state index contributed by atoms with van der Waals surface area (Å²) in [6.45, 7) is 7.39. The monoisotopic (exact) mass is 310 g/mol. The van der Waals surface area contributed by atoms with Crippen molar-refractivity contribution in [2.45, 2.75) is 26.4 Å².